The van der Waals surface area contributed by atoms with E-state index in [2.05, 4.69) is 18.4 Å². The zero-order chi connectivity index (χ0) is 22.0. The molecule has 5 nitrogen and oxygen atoms in total. The van der Waals surface area contributed by atoms with E-state index in [-0.39, 0.29) is 26.1 Å². The molecule has 0 saturated carbocycles. The zero-order valence-corrected chi connectivity index (χ0v) is 17.4. The molecule has 0 amide bonds. The Balaban J connectivity index is 2.53. The van der Waals surface area contributed by atoms with Crippen molar-refractivity contribution in [3.05, 3.63) is 60.2 Å². The SMILES string of the molecule is C=CCCC(CC#Cc1c(C=O)ccc2ccccc12)(C(=O)OCC)C(=O)OCC. The molecule has 0 aromatic heterocycles. The number of ether oxygens (including phenoxy) is 2. The number of rotatable bonds is 9. The van der Waals surface area contributed by atoms with Gasteiger partial charge in [-0.05, 0) is 43.5 Å². The minimum Gasteiger partial charge on any atom is -0.465 e. The number of allylic oxidation sites excluding steroid dienone is 1. The number of carbonyl (C=O) groups excluding carboxylic acids is 3. The molecule has 0 N–H and O–H groups in total. The van der Waals surface area contributed by atoms with Crippen molar-refractivity contribution in [2.45, 2.75) is 33.1 Å². The van der Waals surface area contributed by atoms with E-state index >= 15 is 0 Å². The fourth-order valence-electron chi connectivity index (χ4n) is 3.22. The van der Waals surface area contributed by atoms with Gasteiger partial charge in [0.15, 0.2) is 11.7 Å². The standard InChI is InChI=1S/C25H26O5/c1-4-7-16-25(23(27)29-5-2,24(28)30-6-3)17-10-13-22-20(18-26)15-14-19-11-8-9-12-21(19)22/h4,8-9,11-12,14-15,18H,1,5-7,16-17H2,2-3H3. The minimum atomic E-state index is -1.54. The molecule has 2 rings (SSSR count). The third-order valence-corrected chi connectivity index (χ3v) is 4.80. The van der Waals surface area contributed by atoms with Crippen LogP contribution in [0.4, 0.5) is 0 Å². The Hall–Kier alpha value is -3.39. The van der Waals surface area contributed by atoms with Crippen LogP contribution in [0.3, 0.4) is 0 Å². The summed E-state index contributed by atoms with van der Waals surface area (Å²) in [6.45, 7) is 7.32. The molecule has 5 heteroatoms. The number of benzene rings is 2. The van der Waals surface area contributed by atoms with Gasteiger partial charge in [0.25, 0.3) is 0 Å². The van der Waals surface area contributed by atoms with E-state index in [4.69, 9.17) is 9.47 Å². The Bertz CT molecular complexity index is 976. The van der Waals surface area contributed by atoms with Gasteiger partial charge >= 0.3 is 11.9 Å². The number of hydrogen-bond acceptors (Lipinski definition) is 5. The lowest BCUT2D eigenvalue weighted by atomic mass is 9.80. The van der Waals surface area contributed by atoms with E-state index in [0.717, 1.165) is 17.1 Å². The van der Waals surface area contributed by atoms with E-state index in [0.29, 0.717) is 17.5 Å². The first kappa shape index (κ1) is 22.9. The molecule has 2 aromatic rings. The first-order valence-corrected chi connectivity index (χ1v) is 9.95. The Kier molecular flexibility index (Phi) is 8.37. The molecule has 30 heavy (non-hydrogen) atoms. The molecule has 0 saturated heterocycles. The summed E-state index contributed by atoms with van der Waals surface area (Å²) in [5.74, 6) is 4.64. The van der Waals surface area contributed by atoms with Gasteiger partial charge in [0.1, 0.15) is 0 Å². The molecule has 0 fully saturated rings. The third kappa shape index (κ3) is 4.96. The van der Waals surface area contributed by atoms with Gasteiger partial charge < -0.3 is 9.47 Å². The maximum atomic E-state index is 12.8. The Morgan fingerprint density at radius 3 is 2.33 bits per heavy atom. The number of hydrogen-bond donors (Lipinski definition) is 0. The zero-order valence-electron chi connectivity index (χ0n) is 17.4. The summed E-state index contributed by atoms with van der Waals surface area (Å²) in [5, 5.41) is 1.78. The second-order valence-corrected chi connectivity index (χ2v) is 6.70. The van der Waals surface area contributed by atoms with Crippen molar-refractivity contribution in [2.24, 2.45) is 5.41 Å². The van der Waals surface area contributed by atoms with Crippen LogP contribution in [-0.4, -0.2) is 31.4 Å². The van der Waals surface area contributed by atoms with Gasteiger partial charge in [-0.2, -0.15) is 0 Å². The molecule has 0 atom stereocenters. The highest BCUT2D eigenvalue weighted by atomic mass is 16.6. The van der Waals surface area contributed by atoms with Crippen molar-refractivity contribution in [2.75, 3.05) is 13.2 Å². The maximum absolute atomic E-state index is 12.8. The van der Waals surface area contributed by atoms with Gasteiger partial charge in [-0.15, -0.1) is 6.58 Å². The summed E-state index contributed by atoms with van der Waals surface area (Å²) in [5.41, 5.74) is -0.530. The Morgan fingerprint density at radius 1 is 1.07 bits per heavy atom. The molecule has 0 bridgehead atoms. The predicted molar refractivity (Wildman–Crippen MR) is 116 cm³/mol. The molecule has 0 aliphatic rings. The molecule has 0 spiro atoms. The molecule has 0 aliphatic heterocycles. The fraction of sp³-hybridized carbons (Fsp3) is 0.320. The topological polar surface area (TPSA) is 69.7 Å². The first-order valence-electron chi connectivity index (χ1n) is 9.95. The molecule has 156 valence electrons. The summed E-state index contributed by atoms with van der Waals surface area (Å²) in [7, 11) is 0. The molecular formula is C25H26O5. The summed E-state index contributed by atoms with van der Waals surface area (Å²) in [6, 6.07) is 11.2. The van der Waals surface area contributed by atoms with Crippen molar-refractivity contribution in [1.29, 1.82) is 0 Å². The number of esters is 2. The van der Waals surface area contributed by atoms with E-state index in [1.54, 1.807) is 26.0 Å². The average molecular weight is 406 g/mol. The quantitative estimate of drug-likeness (QED) is 0.202. The summed E-state index contributed by atoms with van der Waals surface area (Å²) >= 11 is 0. The summed E-state index contributed by atoms with van der Waals surface area (Å²) in [6.07, 6.45) is 2.90. The van der Waals surface area contributed by atoms with Crippen LogP contribution in [0.15, 0.2) is 49.1 Å². The van der Waals surface area contributed by atoms with Crippen LogP contribution >= 0.6 is 0 Å². The Morgan fingerprint density at radius 2 is 1.73 bits per heavy atom. The Labute approximate surface area is 177 Å². The molecule has 0 unspecified atom stereocenters. The normalized spacial score (nSPS) is 10.6. The molecule has 0 radical (unpaired) electrons. The van der Waals surface area contributed by atoms with Crippen molar-refractivity contribution in [3.8, 4) is 11.8 Å². The van der Waals surface area contributed by atoms with Gasteiger partial charge in [0.05, 0.1) is 13.2 Å². The second kappa shape index (κ2) is 11.0. The largest absolute Gasteiger partial charge is 0.465 e. The highest BCUT2D eigenvalue weighted by molar-refractivity contribution is 6.00. The molecular weight excluding hydrogens is 380 g/mol. The van der Waals surface area contributed by atoms with Crippen LogP contribution in [-0.2, 0) is 19.1 Å². The lowest BCUT2D eigenvalue weighted by Crippen LogP contribution is -2.42. The predicted octanol–water partition coefficient (Wildman–Crippen LogP) is 4.47. The van der Waals surface area contributed by atoms with Crippen molar-refractivity contribution in [3.63, 3.8) is 0 Å². The molecule has 0 aliphatic carbocycles. The third-order valence-electron chi connectivity index (χ3n) is 4.80. The smallest absolute Gasteiger partial charge is 0.324 e. The summed E-state index contributed by atoms with van der Waals surface area (Å²) < 4.78 is 10.4. The van der Waals surface area contributed by atoms with Crippen LogP contribution in [0.5, 0.6) is 0 Å². The second-order valence-electron chi connectivity index (χ2n) is 6.70. The molecule has 0 heterocycles. The van der Waals surface area contributed by atoms with Crippen LogP contribution in [0, 0.1) is 17.3 Å². The fourth-order valence-corrected chi connectivity index (χ4v) is 3.22. The number of fused-ring (bicyclic) bond motifs is 1. The van der Waals surface area contributed by atoms with E-state index < -0.39 is 17.4 Å². The minimum absolute atomic E-state index is 0.0833. The van der Waals surface area contributed by atoms with Crippen molar-refractivity contribution in [1.82, 2.24) is 0 Å². The summed E-state index contributed by atoms with van der Waals surface area (Å²) in [4.78, 5) is 37.1. The van der Waals surface area contributed by atoms with E-state index in [9.17, 15) is 14.4 Å². The average Bonchev–Trinajstić information content (AvgIpc) is 2.76. The van der Waals surface area contributed by atoms with Crippen molar-refractivity contribution < 1.29 is 23.9 Å². The molecule has 2 aromatic carbocycles. The van der Waals surface area contributed by atoms with E-state index in [1.807, 2.05) is 30.3 Å². The van der Waals surface area contributed by atoms with Crippen molar-refractivity contribution >= 4 is 29.0 Å². The van der Waals surface area contributed by atoms with E-state index in [1.165, 1.54) is 0 Å². The van der Waals surface area contributed by atoms with Crippen LogP contribution in [0.2, 0.25) is 0 Å². The van der Waals surface area contributed by atoms with Crippen LogP contribution in [0.25, 0.3) is 10.8 Å². The van der Waals surface area contributed by atoms with Gasteiger partial charge in [-0.3, -0.25) is 14.4 Å². The maximum Gasteiger partial charge on any atom is 0.324 e. The van der Waals surface area contributed by atoms with Crippen LogP contribution in [0.1, 0.15) is 49.0 Å². The first-order chi connectivity index (χ1) is 14.5. The lowest BCUT2D eigenvalue weighted by Gasteiger charge is -2.27. The van der Waals surface area contributed by atoms with Gasteiger partial charge in [-0.25, -0.2) is 0 Å². The number of aldehydes is 1. The van der Waals surface area contributed by atoms with Crippen LogP contribution < -0.4 is 0 Å². The monoisotopic (exact) mass is 406 g/mol. The highest BCUT2D eigenvalue weighted by Crippen LogP contribution is 2.32. The number of carbonyl (C=O) groups is 3. The lowest BCUT2D eigenvalue weighted by molar-refractivity contribution is -0.172. The van der Waals surface area contributed by atoms with Gasteiger partial charge in [0, 0.05) is 17.5 Å². The van der Waals surface area contributed by atoms with Gasteiger partial charge in [-0.1, -0.05) is 48.2 Å². The van der Waals surface area contributed by atoms with Gasteiger partial charge in [0.2, 0.25) is 0 Å². The highest BCUT2D eigenvalue weighted by Gasteiger charge is 2.47.